The largest absolute Gasteiger partial charge is 0.385 e. The van der Waals surface area contributed by atoms with Gasteiger partial charge in [0.15, 0.2) is 5.78 Å². The van der Waals surface area contributed by atoms with Crippen molar-refractivity contribution in [2.45, 2.75) is 25.7 Å². The first-order valence-corrected chi connectivity index (χ1v) is 5.82. The third-order valence-electron chi connectivity index (χ3n) is 2.58. The molecular formula is C14H18O3. The van der Waals surface area contributed by atoms with Crippen LogP contribution in [0, 0.1) is 0 Å². The number of rotatable bonds is 8. The van der Waals surface area contributed by atoms with Gasteiger partial charge in [0.05, 0.1) is 0 Å². The number of aryl methyl sites for hydroxylation is 1. The van der Waals surface area contributed by atoms with Crippen LogP contribution in [0.4, 0.5) is 0 Å². The summed E-state index contributed by atoms with van der Waals surface area (Å²) in [7, 11) is 1.69. The van der Waals surface area contributed by atoms with Crippen molar-refractivity contribution in [3.8, 4) is 0 Å². The molecule has 0 bridgehead atoms. The molecule has 3 heteroatoms. The average molecular weight is 234 g/mol. The van der Waals surface area contributed by atoms with Crippen LogP contribution < -0.4 is 0 Å². The molecule has 0 heterocycles. The summed E-state index contributed by atoms with van der Waals surface area (Å²) in [5, 5.41) is 0. The first kappa shape index (κ1) is 13.6. The van der Waals surface area contributed by atoms with Crippen molar-refractivity contribution in [2.75, 3.05) is 13.7 Å². The van der Waals surface area contributed by atoms with Gasteiger partial charge in [-0.15, -0.1) is 0 Å². The van der Waals surface area contributed by atoms with E-state index < -0.39 is 0 Å². The second-order valence-corrected chi connectivity index (χ2v) is 3.92. The molecule has 0 spiro atoms. The summed E-state index contributed by atoms with van der Waals surface area (Å²) < 4.78 is 4.98. The maximum atomic E-state index is 11.6. The van der Waals surface area contributed by atoms with Crippen molar-refractivity contribution in [2.24, 2.45) is 0 Å². The maximum absolute atomic E-state index is 11.6. The standard InChI is InChI=1S/C14H18O3/c1-17-11-3-4-12-6-8-13(9-7-12)14(16)5-2-10-15/h6-10H,2-5,11H2,1H3. The van der Waals surface area contributed by atoms with Gasteiger partial charge in [-0.25, -0.2) is 0 Å². The lowest BCUT2D eigenvalue weighted by atomic mass is 10.0. The molecular weight excluding hydrogens is 216 g/mol. The van der Waals surface area contributed by atoms with Crippen LogP contribution in [-0.4, -0.2) is 25.8 Å². The second kappa shape index (κ2) is 7.74. The number of Topliss-reactive ketones (excluding diaryl/α,β-unsaturated/α-hetero) is 1. The molecule has 0 radical (unpaired) electrons. The molecule has 0 atom stereocenters. The molecule has 17 heavy (non-hydrogen) atoms. The van der Waals surface area contributed by atoms with E-state index in [0.29, 0.717) is 18.4 Å². The van der Waals surface area contributed by atoms with E-state index in [1.807, 2.05) is 24.3 Å². The number of methoxy groups -OCH3 is 1. The summed E-state index contributed by atoms with van der Waals surface area (Å²) in [6.07, 6.45) is 3.31. The fourth-order valence-corrected chi connectivity index (χ4v) is 1.61. The third-order valence-corrected chi connectivity index (χ3v) is 2.58. The van der Waals surface area contributed by atoms with Crippen molar-refractivity contribution in [1.82, 2.24) is 0 Å². The number of benzene rings is 1. The molecule has 0 aliphatic rings. The molecule has 0 aliphatic heterocycles. The molecule has 3 nitrogen and oxygen atoms in total. The molecule has 0 saturated carbocycles. The van der Waals surface area contributed by atoms with Crippen molar-refractivity contribution < 1.29 is 14.3 Å². The SMILES string of the molecule is COCCCc1ccc(C(=O)CCC=O)cc1. The van der Waals surface area contributed by atoms with Crippen molar-refractivity contribution in [3.63, 3.8) is 0 Å². The van der Waals surface area contributed by atoms with Crippen LogP contribution in [0.2, 0.25) is 0 Å². The van der Waals surface area contributed by atoms with Crippen LogP contribution in [0.5, 0.6) is 0 Å². The van der Waals surface area contributed by atoms with Gasteiger partial charge in [-0.3, -0.25) is 4.79 Å². The molecule has 1 aromatic carbocycles. The van der Waals surface area contributed by atoms with E-state index in [4.69, 9.17) is 4.74 Å². The maximum Gasteiger partial charge on any atom is 0.163 e. The fraction of sp³-hybridized carbons (Fsp3) is 0.429. The minimum absolute atomic E-state index is 0.0283. The van der Waals surface area contributed by atoms with Crippen molar-refractivity contribution in [3.05, 3.63) is 35.4 Å². The molecule has 0 aliphatic carbocycles. The molecule has 0 aromatic heterocycles. The van der Waals surface area contributed by atoms with E-state index in [2.05, 4.69) is 0 Å². The average Bonchev–Trinajstić information content (AvgIpc) is 2.37. The molecule has 0 N–H and O–H groups in total. The number of carbonyl (C=O) groups excluding carboxylic acids is 2. The van der Waals surface area contributed by atoms with Crippen LogP contribution in [0.1, 0.15) is 35.2 Å². The Bertz CT molecular complexity index is 354. The van der Waals surface area contributed by atoms with Crippen LogP contribution in [-0.2, 0) is 16.0 Å². The second-order valence-electron chi connectivity index (χ2n) is 3.92. The van der Waals surface area contributed by atoms with Crippen molar-refractivity contribution in [1.29, 1.82) is 0 Å². The topological polar surface area (TPSA) is 43.4 Å². The van der Waals surface area contributed by atoms with E-state index in [1.54, 1.807) is 7.11 Å². The minimum atomic E-state index is 0.0283. The molecule has 0 fully saturated rings. The number of ether oxygens (including phenoxy) is 1. The Kier molecular flexibility index (Phi) is 6.18. The van der Waals surface area contributed by atoms with Crippen LogP contribution in [0.25, 0.3) is 0 Å². The number of carbonyl (C=O) groups is 2. The highest BCUT2D eigenvalue weighted by Crippen LogP contribution is 2.09. The number of ketones is 1. The summed E-state index contributed by atoms with van der Waals surface area (Å²) in [6.45, 7) is 0.750. The van der Waals surface area contributed by atoms with Crippen molar-refractivity contribution >= 4 is 12.1 Å². The van der Waals surface area contributed by atoms with Gasteiger partial charge >= 0.3 is 0 Å². The van der Waals surface area contributed by atoms with Gasteiger partial charge in [0.25, 0.3) is 0 Å². The van der Waals surface area contributed by atoms with E-state index in [1.165, 1.54) is 5.56 Å². The lowest BCUT2D eigenvalue weighted by Gasteiger charge is -2.03. The highest BCUT2D eigenvalue weighted by Gasteiger charge is 2.04. The molecule has 0 amide bonds. The quantitative estimate of drug-likeness (QED) is 0.394. The Morgan fingerprint density at radius 3 is 2.59 bits per heavy atom. The number of hydrogen-bond donors (Lipinski definition) is 0. The number of hydrogen-bond acceptors (Lipinski definition) is 3. The minimum Gasteiger partial charge on any atom is -0.385 e. The Morgan fingerprint density at radius 2 is 2.00 bits per heavy atom. The molecule has 0 saturated heterocycles. The summed E-state index contributed by atoms with van der Waals surface area (Å²) in [5.74, 6) is 0.0283. The van der Waals surface area contributed by atoms with E-state index in [-0.39, 0.29) is 5.78 Å². The van der Waals surface area contributed by atoms with Gasteiger partial charge < -0.3 is 9.53 Å². The Labute approximate surface area is 102 Å². The lowest BCUT2D eigenvalue weighted by Crippen LogP contribution is -2.00. The smallest absolute Gasteiger partial charge is 0.163 e. The van der Waals surface area contributed by atoms with Gasteiger partial charge in [0.1, 0.15) is 6.29 Å². The van der Waals surface area contributed by atoms with Gasteiger partial charge in [-0.05, 0) is 18.4 Å². The highest BCUT2D eigenvalue weighted by atomic mass is 16.5. The van der Waals surface area contributed by atoms with Crippen LogP contribution in [0.15, 0.2) is 24.3 Å². The zero-order chi connectivity index (χ0) is 12.5. The zero-order valence-electron chi connectivity index (χ0n) is 10.1. The molecule has 1 aromatic rings. The first-order chi connectivity index (χ1) is 8.27. The van der Waals surface area contributed by atoms with E-state index >= 15 is 0 Å². The predicted octanol–water partition coefficient (Wildman–Crippen LogP) is 2.43. The number of aldehydes is 1. The lowest BCUT2D eigenvalue weighted by molar-refractivity contribution is -0.107. The summed E-state index contributed by atoms with van der Waals surface area (Å²) in [5.41, 5.74) is 1.89. The Balaban J connectivity index is 2.49. The normalized spacial score (nSPS) is 10.2. The Hall–Kier alpha value is -1.48. The first-order valence-electron chi connectivity index (χ1n) is 5.82. The predicted molar refractivity (Wildman–Crippen MR) is 66.3 cm³/mol. The summed E-state index contributed by atoms with van der Waals surface area (Å²) >= 11 is 0. The third kappa shape index (κ3) is 4.91. The van der Waals surface area contributed by atoms with Crippen LogP contribution in [0.3, 0.4) is 0 Å². The fourth-order valence-electron chi connectivity index (χ4n) is 1.61. The zero-order valence-corrected chi connectivity index (χ0v) is 10.1. The summed E-state index contributed by atoms with van der Waals surface area (Å²) in [6, 6.07) is 7.58. The van der Waals surface area contributed by atoms with E-state index in [0.717, 1.165) is 25.7 Å². The Morgan fingerprint density at radius 1 is 1.29 bits per heavy atom. The summed E-state index contributed by atoms with van der Waals surface area (Å²) in [4.78, 5) is 21.8. The molecule has 0 unspecified atom stereocenters. The van der Waals surface area contributed by atoms with Crippen LogP contribution >= 0.6 is 0 Å². The van der Waals surface area contributed by atoms with Gasteiger partial charge in [0, 0.05) is 32.1 Å². The van der Waals surface area contributed by atoms with Gasteiger partial charge in [-0.1, -0.05) is 24.3 Å². The van der Waals surface area contributed by atoms with E-state index in [9.17, 15) is 9.59 Å². The molecule has 92 valence electrons. The molecule has 1 rings (SSSR count). The highest BCUT2D eigenvalue weighted by molar-refractivity contribution is 5.96. The monoisotopic (exact) mass is 234 g/mol. The van der Waals surface area contributed by atoms with Gasteiger partial charge in [0.2, 0.25) is 0 Å². The van der Waals surface area contributed by atoms with Gasteiger partial charge in [-0.2, -0.15) is 0 Å².